The van der Waals surface area contributed by atoms with Gasteiger partial charge in [-0.25, -0.2) is 0 Å². The quantitative estimate of drug-likeness (QED) is 0.885. The molecule has 0 aliphatic heterocycles. The minimum absolute atomic E-state index is 0.323. The Bertz CT molecular complexity index is 607. The Kier molecular flexibility index (Phi) is 3.59. The van der Waals surface area contributed by atoms with Gasteiger partial charge in [0.2, 0.25) is 0 Å². The van der Waals surface area contributed by atoms with Gasteiger partial charge in [-0.05, 0) is 32.0 Å². The van der Waals surface area contributed by atoms with Gasteiger partial charge in [0.15, 0.2) is 5.82 Å². The molecule has 0 saturated heterocycles. The molecule has 1 aromatic heterocycles. The number of aromatic amines is 1. The third kappa shape index (κ3) is 2.49. The topological polar surface area (TPSA) is 57.8 Å². The molecule has 0 fully saturated rings. The lowest BCUT2D eigenvalue weighted by molar-refractivity contribution is 0.102. The Morgan fingerprint density at radius 1 is 1.33 bits per heavy atom. The van der Waals surface area contributed by atoms with Gasteiger partial charge in [0.05, 0.1) is 10.6 Å². The van der Waals surface area contributed by atoms with Crippen molar-refractivity contribution in [3.63, 3.8) is 0 Å². The first-order valence-corrected chi connectivity index (χ1v) is 6.02. The first kappa shape index (κ1) is 12.9. The lowest BCUT2D eigenvalue weighted by Crippen LogP contribution is -2.13. The molecule has 4 nitrogen and oxygen atoms in total. The van der Waals surface area contributed by atoms with Crippen LogP contribution in [0.1, 0.15) is 21.6 Å². The molecule has 2 rings (SSSR count). The molecule has 0 spiro atoms. The maximum absolute atomic E-state index is 12.0. The Labute approximate surface area is 114 Å². The molecular formula is C12H11Cl2N3O. The highest BCUT2D eigenvalue weighted by Crippen LogP contribution is 2.22. The fraction of sp³-hybridized carbons (Fsp3) is 0.167. The van der Waals surface area contributed by atoms with Crippen molar-refractivity contribution in [3.8, 4) is 0 Å². The Balaban J connectivity index is 2.27. The first-order chi connectivity index (χ1) is 8.49. The predicted molar refractivity (Wildman–Crippen MR) is 72.5 cm³/mol. The summed E-state index contributed by atoms with van der Waals surface area (Å²) in [6.07, 6.45) is 0. The summed E-state index contributed by atoms with van der Waals surface area (Å²) in [5.41, 5.74) is 2.12. The largest absolute Gasteiger partial charge is 0.305 e. The Morgan fingerprint density at radius 3 is 2.67 bits per heavy atom. The number of halogens is 2. The SMILES string of the molecule is Cc1[nH]nc(NC(=O)c2cc(Cl)ccc2Cl)c1C. The lowest BCUT2D eigenvalue weighted by Gasteiger charge is -2.05. The van der Waals surface area contributed by atoms with Crippen molar-refractivity contribution in [2.75, 3.05) is 5.32 Å². The molecular weight excluding hydrogens is 273 g/mol. The first-order valence-electron chi connectivity index (χ1n) is 5.27. The summed E-state index contributed by atoms with van der Waals surface area (Å²) in [7, 11) is 0. The van der Waals surface area contributed by atoms with Crippen LogP contribution in [0.15, 0.2) is 18.2 Å². The molecule has 0 radical (unpaired) electrons. The zero-order valence-corrected chi connectivity index (χ0v) is 11.4. The van der Waals surface area contributed by atoms with Crippen molar-refractivity contribution >= 4 is 34.9 Å². The number of aryl methyl sites for hydroxylation is 1. The molecule has 1 amide bonds. The number of H-pyrrole nitrogens is 1. The maximum Gasteiger partial charge on any atom is 0.258 e. The minimum atomic E-state index is -0.336. The average molecular weight is 284 g/mol. The summed E-state index contributed by atoms with van der Waals surface area (Å²) in [5, 5.41) is 10.3. The highest BCUT2D eigenvalue weighted by atomic mass is 35.5. The lowest BCUT2D eigenvalue weighted by atomic mass is 10.2. The summed E-state index contributed by atoms with van der Waals surface area (Å²) in [6, 6.07) is 4.74. The summed E-state index contributed by atoms with van der Waals surface area (Å²) >= 11 is 11.8. The Morgan fingerprint density at radius 2 is 2.06 bits per heavy atom. The number of aromatic nitrogens is 2. The van der Waals surface area contributed by atoms with Crippen molar-refractivity contribution in [1.82, 2.24) is 10.2 Å². The van der Waals surface area contributed by atoms with Crippen LogP contribution >= 0.6 is 23.2 Å². The summed E-state index contributed by atoms with van der Waals surface area (Å²) in [5.74, 6) is 0.158. The van der Waals surface area contributed by atoms with E-state index >= 15 is 0 Å². The van der Waals surface area contributed by atoms with Gasteiger partial charge in [0.1, 0.15) is 0 Å². The number of carbonyl (C=O) groups excluding carboxylic acids is 1. The predicted octanol–water partition coefficient (Wildman–Crippen LogP) is 3.59. The zero-order chi connectivity index (χ0) is 13.3. The van der Waals surface area contributed by atoms with E-state index in [0.717, 1.165) is 11.3 Å². The van der Waals surface area contributed by atoms with Crippen molar-refractivity contribution in [1.29, 1.82) is 0 Å². The molecule has 94 valence electrons. The van der Waals surface area contributed by atoms with Crippen LogP contribution in [0.5, 0.6) is 0 Å². The van der Waals surface area contributed by atoms with Crippen LogP contribution in [0.4, 0.5) is 5.82 Å². The van der Waals surface area contributed by atoms with E-state index in [0.29, 0.717) is 21.4 Å². The van der Waals surface area contributed by atoms with Crippen molar-refractivity contribution < 1.29 is 4.79 Å². The molecule has 0 saturated carbocycles. The van der Waals surface area contributed by atoms with E-state index < -0.39 is 0 Å². The van der Waals surface area contributed by atoms with Gasteiger partial charge < -0.3 is 5.32 Å². The Hall–Kier alpha value is -1.52. The normalized spacial score (nSPS) is 10.4. The van der Waals surface area contributed by atoms with Crippen LogP contribution in [0, 0.1) is 13.8 Å². The smallest absolute Gasteiger partial charge is 0.258 e. The number of amides is 1. The highest BCUT2D eigenvalue weighted by Gasteiger charge is 2.14. The average Bonchev–Trinajstić information content (AvgIpc) is 2.64. The van der Waals surface area contributed by atoms with E-state index in [1.165, 1.54) is 6.07 Å². The van der Waals surface area contributed by atoms with E-state index in [2.05, 4.69) is 15.5 Å². The van der Waals surface area contributed by atoms with Gasteiger partial charge >= 0.3 is 0 Å². The summed E-state index contributed by atoms with van der Waals surface area (Å²) in [6.45, 7) is 3.75. The van der Waals surface area contributed by atoms with E-state index in [9.17, 15) is 4.79 Å². The van der Waals surface area contributed by atoms with Crippen LogP contribution in [0.25, 0.3) is 0 Å². The van der Waals surface area contributed by atoms with Gasteiger partial charge in [0, 0.05) is 16.3 Å². The third-order valence-corrected chi connectivity index (χ3v) is 3.22. The number of anilines is 1. The zero-order valence-electron chi connectivity index (χ0n) is 9.84. The van der Waals surface area contributed by atoms with Crippen LogP contribution in [-0.4, -0.2) is 16.1 Å². The highest BCUT2D eigenvalue weighted by molar-refractivity contribution is 6.36. The number of hydrogen-bond donors (Lipinski definition) is 2. The molecule has 0 aliphatic rings. The third-order valence-electron chi connectivity index (χ3n) is 2.66. The monoisotopic (exact) mass is 283 g/mol. The number of rotatable bonds is 2. The van der Waals surface area contributed by atoms with Crippen LogP contribution in [0.2, 0.25) is 10.0 Å². The molecule has 18 heavy (non-hydrogen) atoms. The van der Waals surface area contributed by atoms with Crippen LogP contribution in [-0.2, 0) is 0 Å². The van der Waals surface area contributed by atoms with Crippen LogP contribution < -0.4 is 5.32 Å². The molecule has 1 heterocycles. The van der Waals surface area contributed by atoms with E-state index in [4.69, 9.17) is 23.2 Å². The number of benzene rings is 1. The maximum atomic E-state index is 12.0. The van der Waals surface area contributed by atoms with E-state index in [1.807, 2.05) is 13.8 Å². The second-order valence-electron chi connectivity index (χ2n) is 3.90. The standard InChI is InChI=1S/C12H11Cl2N3O/c1-6-7(2)16-17-11(6)15-12(18)9-5-8(13)3-4-10(9)14/h3-5H,1-2H3,(H2,15,16,17,18). The number of carbonyl (C=O) groups is 1. The number of nitrogens with one attached hydrogen (secondary N) is 2. The molecule has 1 aromatic carbocycles. The fourth-order valence-corrected chi connectivity index (χ4v) is 1.83. The second-order valence-corrected chi connectivity index (χ2v) is 4.74. The number of hydrogen-bond acceptors (Lipinski definition) is 2. The van der Waals surface area contributed by atoms with E-state index in [-0.39, 0.29) is 5.91 Å². The van der Waals surface area contributed by atoms with Gasteiger partial charge in [-0.15, -0.1) is 0 Å². The van der Waals surface area contributed by atoms with Crippen molar-refractivity contribution in [2.45, 2.75) is 13.8 Å². The molecule has 0 aliphatic carbocycles. The van der Waals surface area contributed by atoms with Gasteiger partial charge in [-0.2, -0.15) is 5.10 Å². The van der Waals surface area contributed by atoms with Gasteiger partial charge in [-0.3, -0.25) is 9.89 Å². The van der Waals surface area contributed by atoms with Crippen molar-refractivity contribution in [3.05, 3.63) is 45.1 Å². The molecule has 0 unspecified atom stereocenters. The van der Waals surface area contributed by atoms with Gasteiger partial charge in [-0.1, -0.05) is 23.2 Å². The molecule has 6 heteroatoms. The summed E-state index contributed by atoms with van der Waals surface area (Å²) < 4.78 is 0. The van der Waals surface area contributed by atoms with Crippen molar-refractivity contribution in [2.24, 2.45) is 0 Å². The molecule has 0 bridgehead atoms. The fourth-order valence-electron chi connectivity index (χ4n) is 1.45. The molecule has 2 N–H and O–H groups in total. The van der Waals surface area contributed by atoms with E-state index in [1.54, 1.807) is 12.1 Å². The molecule has 2 aromatic rings. The number of nitrogens with zero attached hydrogens (tertiary/aromatic N) is 1. The minimum Gasteiger partial charge on any atom is -0.305 e. The van der Waals surface area contributed by atoms with Gasteiger partial charge in [0.25, 0.3) is 5.91 Å². The second kappa shape index (κ2) is 5.00. The molecule has 0 atom stereocenters. The van der Waals surface area contributed by atoms with Crippen LogP contribution in [0.3, 0.4) is 0 Å². The summed E-state index contributed by atoms with van der Waals surface area (Å²) in [4.78, 5) is 12.0.